The van der Waals surface area contributed by atoms with E-state index in [1.54, 1.807) is 0 Å². The summed E-state index contributed by atoms with van der Waals surface area (Å²) in [6.07, 6.45) is 2.04. The van der Waals surface area contributed by atoms with Gasteiger partial charge in [-0.15, -0.1) is 0 Å². The van der Waals surface area contributed by atoms with Crippen LogP contribution in [0.25, 0.3) is 0 Å². The molecule has 2 aliphatic heterocycles. The van der Waals surface area contributed by atoms with Crippen LogP contribution in [-0.2, 0) is 26.2 Å². The van der Waals surface area contributed by atoms with E-state index >= 15 is 0 Å². The van der Waals surface area contributed by atoms with E-state index in [2.05, 4.69) is 52.4 Å². The molecule has 0 amide bonds. The van der Waals surface area contributed by atoms with Crippen molar-refractivity contribution in [3.63, 3.8) is 0 Å². The molecule has 0 saturated carbocycles. The Morgan fingerprint density at radius 3 is 2.88 bits per heavy atom. The molecule has 3 heterocycles. The first-order chi connectivity index (χ1) is 12.1. The van der Waals surface area contributed by atoms with Crippen LogP contribution in [-0.4, -0.2) is 45.8 Å². The normalized spacial score (nSPS) is 16.7. The number of imidazole rings is 1. The minimum absolute atomic E-state index is 0.327. The molecule has 1 aromatic carbocycles. The van der Waals surface area contributed by atoms with E-state index in [4.69, 9.17) is 9.47 Å². The van der Waals surface area contributed by atoms with Crippen molar-refractivity contribution in [2.75, 3.05) is 20.4 Å². The van der Waals surface area contributed by atoms with Gasteiger partial charge < -0.3 is 14.0 Å². The molecule has 0 fully saturated rings. The van der Waals surface area contributed by atoms with E-state index in [9.17, 15) is 0 Å². The Morgan fingerprint density at radius 2 is 2.04 bits per heavy atom. The fraction of sp³-hybridized carbons (Fsp3) is 0.526. The maximum atomic E-state index is 5.48. The van der Waals surface area contributed by atoms with Crippen LogP contribution >= 0.6 is 0 Å². The number of hydrogen-bond donors (Lipinski definition) is 0. The molecule has 25 heavy (non-hydrogen) atoms. The first-order valence-corrected chi connectivity index (χ1v) is 8.94. The smallest absolute Gasteiger partial charge is 0.231 e. The summed E-state index contributed by atoms with van der Waals surface area (Å²) in [4.78, 5) is 9.46. The van der Waals surface area contributed by atoms with Crippen LogP contribution in [0.3, 0.4) is 0 Å². The SMILES string of the molecule is CC(C)N(C)Cc1cnc2n1CCN(Cc1ccc3c(c1)OCO3)C2. The van der Waals surface area contributed by atoms with Gasteiger partial charge in [0.2, 0.25) is 6.79 Å². The Bertz CT molecular complexity index is 756. The summed E-state index contributed by atoms with van der Waals surface area (Å²) in [5.41, 5.74) is 2.57. The third-order valence-electron chi connectivity index (χ3n) is 5.16. The van der Waals surface area contributed by atoms with E-state index in [0.29, 0.717) is 12.8 Å². The van der Waals surface area contributed by atoms with Crippen molar-refractivity contribution in [1.82, 2.24) is 19.4 Å². The molecule has 1 aromatic heterocycles. The van der Waals surface area contributed by atoms with Crippen molar-refractivity contribution in [1.29, 1.82) is 0 Å². The summed E-state index contributed by atoms with van der Waals surface area (Å²) < 4.78 is 13.3. The number of hydrogen-bond acceptors (Lipinski definition) is 5. The third kappa shape index (κ3) is 3.37. The predicted octanol–water partition coefficient (Wildman–Crippen LogP) is 2.47. The first kappa shape index (κ1) is 16.4. The fourth-order valence-corrected chi connectivity index (χ4v) is 3.37. The molecule has 6 nitrogen and oxygen atoms in total. The maximum absolute atomic E-state index is 5.48. The van der Waals surface area contributed by atoms with Gasteiger partial charge in [-0.1, -0.05) is 6.07 Å². The second kappa shape index (κ2) is 6.69. The number of aromatic nitrogens is 2. The number of nitrogens with zero attached hydrogens (tertiary/aromatic N) is 4. The van der Waals surface area contributed by atoms with Crippen molar-refractivity contribution < 1.29 is 9.47 Å². The van der Waals surface area contributed by atoms with Crippen LogP contribution in [0.5, 0.6) is 11.5 Å². The molecule has 0 aliphatic carbocycles. The van der Waals surface area contributed by atoms with Crippen LogP contribution in [0.1, 0.15) is 30.9 Å². The number of fused-ring (bicyclic) bond motifs is 2. The molecule has 0 unspecified atom stereocenters. The van der Waals surface area contributed by atoms with Crippen LogP contribution in [0.2, 0.25) is 0 Å². The summed E-state index contributed by atoms with van der Waals surface area (Å²) in [6, 6.07) is 6.75. The summed E-state index contributed by atoms with van der Waals surface area (Å²) in [6.45, 7) is 9.56. The molecule has 134 valence electrons. The van der Waals surface area contributed by atoms with Crippen LogP contribution in [0.15, 0.2) is 24.4 Å². The molecular weight excluding hydrogens is 316 g/mol. The van der Waals surface area contributed by atoms with Crippen molar-refractivity contribution in [2.45, 2.75) is 46.1 Å². The summed E-state index contributed by atoms with van der Waals surface area (Å²) >= 11 is 0. The maximum Gasteiger partial charge on any atom is 0.231 e. The molecule has 0 N–H and O–H groups in total. The lowest BCUT2D eigenvalue weighted by Crippen LogP contribution is -2.35. The Hall–Kier alpha value is -2.05. The van der Waals surface area contributed by atoms with Crippen LogP contribution in [0, 0.1) is 0 Å². The monoisotopic (exact) mass is 342 g/mol. The minimum atomic E-state index is 0.327. The number of rotatable bonds is 5. The Labute approximate surface area is 149 Å². The summed E-state index contributed by atoms with van der Waals surface area (Å²) in [5.74, 6) is 2.87. The van der Waals surface area contributed by atoms with Gasteiger partial charge >= 0.3 is 0 Å². The molecule has 2 aromatic rings. The lowest BCUT2D eigenvalue weighted by atomic mass is 10.2. The van der Waals surface area contributed by atoms with Crippen LogP contribution < -0.4 is 9.47 Å². The van der Waals surface area contributed by atoms with Crippen molar-refractivity contribution >= 4 is 0 Å². The standard InChI is InChI=1S/C19H26N4O2/c1-14(2)21(3)11-16-9-20-19-12-22(6-7-23(16)19)10-15-4-5-17-18(8-15)25-13-24-17/h4-5,8-9,14H,6-7,10-13H2,1-3H3. The Kier molecular flexibility index (Phi) is 4.39. The summed E-state index contributed by atoms with van der Waals surface area (Å²) in [7, 11) is 2.17. The molecule has 0 radical (unpaired) electrons. The molecule has 2 aliphatic rings. The van der Waals surface area contributed by atoms with Gasteiger partial charge in [0, 0.05) is 38.4 Å². The van der Waals surface area contributed by atoms with E-state index < -0.39 is 0 Å². The molecule has 0 bridgehead atoms. The van der Waals surface area contributed by atoms with Crippen molar-refractivity contribution in [2.24, 2.45) is 0 Å². The van der Waals surface area contributed by atoms with Gasteiger partial charge in [-0.25, -0.2) is 4.98 Å². The number of ether oxygens (including phenoxy) is 2. The van der Waals surface area contributed by atoms with Gasteiger partial charge in [-0.2, -0.15) is 0 Å². The largest absolute Gasteiger partial charge is 0.454 e. The highest BCUT2D eigenvalue weighted by molar-refractivity contribution is 5.44. The van der Waals surface area contributed by atoms with E-state index in [1.807, 2.05) is 12.3 Å². The molecule has 0 saturated heterocycles. The summed E-state index contributed by atoms with van der Waals surface area (Å²) in [5, 5.41) is 0. The highest BCUT2D eigenvalue weighted by Gasteiger charge is 2.21. The molecular formula is C19H26N4O2. The van der Waals surface area contributed by atoms with Gasteiger partial charge in [-0.05, 0) is 38.6 Å². The first-order valence-electron chi connectivity index (χ1n) is 8.94. The van der Waals surface area contributed by atoms with E-state index in [0.717, 1.165) is 44.2 Å². The van der Waals surface area contributed by atoms with Gasteiger partial charge in [-0.3, -0.25) is 9.80 Å². The van der Waals surface area contributed by atoms with Gasteiger partial charge in [0.05, 0.1) is 12.2 Å². The highest BCUT2D eigenvalue weighted by Crippen LogP contribution is 2.33. The zero-order chi connectivity index (χ0) is 17.4. The van der Waals surface area contributed by atoms with Crippen molar-refractivity contribution in [3.8, 4) is 11.5 Å². The Morgan fingerprint density at radius 1 is 1.20 bits per heavy atom. The molecule has 0 spiro atoms. The minimum Gasteiger partial charge on any atom is -0.454 e. The molecule has 4 rings (SSSR count). The zero-order valence-corrected chi connectivity index (χ0v) is 15.2. The van der Waals surface area contributed by atoms with Crippen LogP contribution in [0.4, 0.5) is 0 Å². The zero-order valence-electron chi connectivity index (χ0n) is 15.2. The fourth-order valence-electron chi connectivity index (χ4n) is 3.37. The lowest BCUT2D eigenvalue weighted by Gasteiger charge is -2.29. The van der Waals surface area contributed by atoms with E-state index in [1.165, 1.54) is 17.1 Å². The van der Waals surface area contributed by atoms with Gasteiger partial charge in [0.15, 0.2) is 11.5 Å². The quantitative estimate of drug-likeness (QED) is 0.835. The Balaban J connectivity index is 1.42. The van der Waals surface area contributed by atoms with Gasteiger partial charge in [0.1, 0.15) is 5.82 Å². The molecule has 0 atom stereocenters. The van der Waals surface area contributed by atoms with Crippen molar-refractivity contribution in [3.05, 3.63) is 41.5 Å². The molecule has 6 heteroatoms. The second-order valence-electron chi connectivity index (χ2n) is 7.22. The lowest BCUT2D eigenvalue weighted by molar-refractivity contribution is 0.173. The highest BCUT2D eigenvalue weighted by atomic mass is 16.7. The average molecular weight is 342 g/mol. The number of benzene rings is 1. The van der Waals surface area contributed by atoms with E-state index in [-0.39, 0.29) is 0 Å². The predicted molar refractivity (Wildman–Crippen MR) is 95.5 cm³/mol. The average Bonchev–Trinajstić information content (AvgIpc) is 3.21. The third-order valence-corrected chi connectivity index (χ3v) is 5.16. The topological polar surface area (TPSA) is 42.8 Å². The van der Waals surface area contributed by atoms with Gasteiger partial charge in [0.25, 0.3) is 0 Å². The second-order valence-corrected chi connectivity index (χ2v) is 7.22.